The van der Waals surface area contributed by atoms with Gasteiger partial charge in [-0.3, -0.25) is 9.36 Å². The largest absolute Gasteiger partial charge is 0.389 e. The topological polar surface area (TPSA) is 44.1 Å². The molecule has 0 N–H and O–H groups in total. The SMILES string of the molecule is CCOCCCn1c(SCCC(F)(F)F)nc2cc(Cl)ccc2c1=O. The van der Waals surface area contributed by atoms with E-state index in [1.807, 2.05) is 6.92 Å². The van der Waals surface area contributed by atoms with Crippen LogP contribution in [0.5, 0.6) is 0 Å². The molecule has 25 heavy (non-hydrogen) atoms. The first-order chi connectivity index (χ1) is 11.8. The van der Waals surface area contributed by atoms with Crippen LogP contribution >= 0.6 is 23.4 Å². The molecule has 0 spiro atoms. The molecule has 0 fully saturated rings. The summed E-state index contributed by atoms with van der Waals surface area (Å²) in [4.78, 5) is 17.0. The fraction of sp³-hybridized carbons (Fsp3) is 0.500. The molecule has 0 aliphatic heterocycles. The van der Waals surface area contributed by atoms with Gasteiger partial charge in [-0.05, 0) is 31.5 Å². The van der Waals surface area contributed by atoms with E-state index in [2.05, 4.69) is 4.98 Å². The molecule has 1 aromatic carbocycles. The Morgan fingerprint density at radius 1 is 1.36 bits per heavy atom. The first kappa shape index (κ1) is 20.1. The molecule has 2 rings (SSSR count). The van der Waals surface area contributed by atoms with E-state index in [1.165, 1.54) is 10.6 Å². The third-order valence-electron chi connectivity index (χ3n) is 3.37. The van der Waals surface area contributed by atoms with Gasteiger partial charge >= 0.3 is 6.18 Å². The molecule has 0 aliphatic rings. The zero-order chi connectivity index (χ0) is 18.4. The average Bonchev–Trinajstić information content (AvgIpc) is 2.52. The lowest BCUT2D eigenvalue weighted by molar-refractivity contribution is -0.129. The first-order valence-corrected chi connectivity index (χ1v) is 9.15. The summed E-state index contributed by atoms with van der Waals surface area (Å²) in [5.41, 5.74) is 0.0979. The van der Waals surface area contributed by atoms with Crippen molar-refractivity contribution in [1.82, 2.24) is 9.55 Å². The van der Waals surface area contributed by atoms with Crippen molar-refractivity contribution in [3.05, 3.63) is 33.6 Å². The second-order valence-corrected chi connectivity index (χ2v) is 6.78. The Hall–Kier alpha value is -1.25. The highest BCUT2D eigenvalue weighted by Gasteiger charge is 2.26. The van der Waals surface area contributed by atoms with Gasteiger partial charge in [0, 0.05) is 30.5 Å². The molecule has 2 aromatic rings. The van der Waals surface area contributed by atoms with Crippen LogP contribution in [0.1, 0.15) is 19.8 Å². The lowest BCUT2D eigenvalue weighted by Crippen LogP contribution is -2.24. The second kappa shape index (κ2) is 8.91. The maximum atomic E-state index is 12.7. The molecule has 9 heteroatoms. The number of hydrogen-bond donors (Lipinski definition) is 0. The van der Waals surface area contributed by atoms with Crippen LogP contribution in [0.25, 0.3) is 10.9 Å². The molecular weight excluding hydrogens is 377 g/mol. The van der Waals surface area contributed by atoms with Gasteiger partial charge in [0.25, 0.3) is 5.56 Å². The number of halogens is 4. The van der Waals surface area contributed by atoms with Crippen LogP contribution in [0.2, 0.25) is 5.02 Å². The predicted molar refractivity (Wildman–Crippen MR) is 93.5 cm³/mol. The fourth-order valence-corrected chi connectivity index (χ4v) is 3.38. The van der Waals surface area contributed by atoms with Gasteiger partial charge in [-0.15, -0.1) is 0 Å². The second-order valence-electron chi connectivity index (χ2n) is 5.28. The van der Waals surface area contributed by atoms with E-state index < -0.39 is 12.6 Å². The van der Waals surface area contributed by atoms with E-state index in [1.54, 1.807) is 12.1 Å². The average molecular weight is 395 g/mol. The van der Waals surface area contributed by atoms with Crippen molar-refractivity contribution in [1.29, 1.82) is 0 Å². The minimum atomic E-state index is -4.24. The molecule has 0 atom stereocenters. The summed E-state index contributed by atoms with van der Waals surface area (Å²) in [6.45, 7) is 3.23. The van der Waals surface area contributed by atoms with E-state index in [0.29, 0.717) is 42.1 Å². The zero-order valence-electron chi connectivity index (χ0n) is 13.6. The standard InChI is InChI=1S/C16H18ClF3N2O2S/c1-2-24-8-3-7-22-14(23)12-5-4-11(17)10-13(12)21-15(22)25-9-6-16(18,19)20/h4-5,10H,2-3,6-9H2,1H3. The Labute approximate surface area is 152 Å². The highest BCUT2D eigenvalue weighted by atomic mass is 35.5. The molecule has 138 valence electrons. The van der Waals surface area contributed by atoms with Crippen LogP contribution in [0.15, 0.2) is 28.2 Å². The van der Waals surface area contributed by atoms with Gasteiger partial charge in [-0.1, -0.05) is 23.4 Å². The number of alkyl halides is 3. The van der Waals surface area contributed by atoms with Crippen molar-refractivity contribution < 1.29 is 17.9 Å². The predicted octanol–water partition coefficient (Wildman–Crippen LogP) is 4.52. The number of ether oxygens (including phenoxy) is 1. The van der Waals surface area contributed by atoms with E-state index in [-0.39, 0.29) is 16.5 Å². The van der Waals surface area contributed by atoms with Crippen molar-refractivity contribution in [3.63, 3.8) is 0 Å². The molecule has 0 amide bonds. The van der Waals surface area contributed by atoms with E-state index in [4.69, 9.17) is 16.3 Å². The molecule has 0 aliphatic carbocycles. The van der Waals surface area contributed by atoms with Gasteiger partial charge in [-0.25, -0.2) is 4.98 Å². The normalized spacial score (nSPS) is 12.0. The zero-order valence-corrected chi connectivity index (χ0v) is 15.2. The minimum absolute atomic E-state index is 0.201. The van der Waals surface area contributed by atoms with Crippen LogP contribution < -0.4 is 5.56 Å². The highest BCUT2D eigenvalue weighted by molar-refractivity contribution is 7.99. The summed E-state index contributed by atoms with van der Waals surface area (Å²) in [7, 11) is 0. The van der Waals surface area contributed by atoms with Crippen LogP contribution in [0, 0.1) is 0 Å². The quantitative estimate of drug-likeness (QED) is 0.375. The maximum Gasteiger partial charge on any atom is 0.389 e. The smallest absolute Gasteiger partial charge is 0.382 e. The molecular formula is C16H18ClF3N2O2S. The first-order valence-electron chi connectivity index (χ1n) is 7.79. The minimum Gasteiger partial charge on any atom is -0.382 e. The summed E-state index contributed by atoms with van der Waals surface area (Å²) < 4.78 is 43.9. The van der Waals surface area contributed by atoms with Crippen molar-refractivity contribution in [2.75, 3.05) is 19.0 Å². The monoisotopic (exact) mass is 394 g/mol. The third kappa shape index (κ3) is 5.90. The number of nitrogens with zero attached hydrogens (tertiary/aromatic N) is 2. The molecule has 0 unspecified atom stereocenters. The van der Waals surface area contributed by atoms with Gasteiger partial charge < -0.3 is 4.74 Å². The van der Waals surface area contributed by atoms with Gasteiger partial charge in [-0.2, -0.15) is 13.2 Å². The van der Waals surface area contributed by atoms with E-state index >= 15 is 0 Å². The Balaban J connectivity index is 2.31. The van der Waals surface area contributed by atoms with Crippen molar-refractivity contribution in [2.24, 2.45) is 0 Å². The number of thioether (sulfide) groups is 1. The van der Waals surface area contributed by atoms with Crippen LogP contribution in [0.3, 0.4) is 0 Å². The van der Waals surface area contributed by atoms with Gasteiger partial charge in [0.2, 0.25) is 0 Å². The third-order valence-corrected chi connectivity index (χ3v) is 4.59. The number of benzene rings is 1. The van der Waals surface area contributed by atoms with Gasteiger partial charge in [0.15, 0.2) is 5.16 Å². The van der Waals surface area contributed by atoms with Crippen molar-refractivity contribution in [2.45, 2.75) is 37.6 Å². The lowest BCUT2D eigenvalue weighted by Gasteiger charge is -2.13. The lowest BCUT2D eigenvalue weighted by atomic mass is 10.2. The van der Waals surface area contributed by atoms with E-state index in [9.17, 15) is 18.0 Å². The summed E-state index contributed by atoms with van der Waals surface area (Å²) in [5.74, 6) is -0.201. The molecule has 0 radical (unpaired) electrons. The number of fused-ring (bicyclic) bond motifs is 1. The summed E-state index contributed by atoms with van der Waals surface area (Å²) in [6.07, 6.45) is -4.62. The van der Waals surface area contributed by atoms with Gasteiger partial charge in [0.05, 0.1) is 17.3 Å². The Morgan fingerprint density at radius 3 is 2.80 bits per heavy atom. The molecule has 4 nitrogen and oxygen atoms in total. The summed E-state index contributed by atoms with van der Waals surface area (Å²) >= 11 is 6.85. The molecule has 1 heterocycles. The highest BCUT2D eigenvalue weighted by Crippen LogP contribution is 2.26. The molecule has 0 saturated heterocycles. The Bertz CT molecular complexity index is 780. The Morgan fingerprint density at radius 2 is 2.12 bits per heavy atom. The molecule has 0 saturated carbocycles. The van der Waals surface area contributed by atoms with Crippen LogP contribution in [-0.2, 0) is 11.3 Å². The van der Waals surface area contributed by atoms with Crippen molar-refractivity contribution in [3.8, 4) is 0 Å². The van der Waals surface area contributed by atoms with Gasteiger partial charge in [0.1, 0.15) is 0 Å². The fourth-order valence-electron chi connectivity index (χ4n) is 2.21. The number of rotatable bonds is 8. The van der Waals surface area contributed by atoms with Crippen molar-refractivity contribution >= 4 is 34.3 Å². The summed E-state index contributed by atoms with van der Waals surface area (Å²) in [5, 5.41) is 1.07. The number of aromatic nitrogens is 2. The van der Waals surface area contributed by atoms with Crippen LogP contribution in [-0.4, -0.2) is 34.7 Å². The molecule has 0 bridgehead atoms. The van der Waals surface area contributed by atoms with Crippen LogP contribution in [0.4, 0.5) is 13.2 Å². The van der Waals surface area contributed by atoms with E-state index in [0.717, 1.165) is 11.8 Å². The Kier molecular flexibility index (Phi) is 7.15. The molecule has 1 aromatic heterocycles. The summed E-state index contributed by atoms with van der Waals surface area (Å²) in [6, 6.07) is 4.71. The number of hydrogen-bond acceptors (Lipinski definition) is 4. The maximum absolute atomic E-state index is 12.7.